The predicted molar refractivity (Wildman–Crippen MR) is 101 cm³/mol. The molecule has 0 aliphatic heterocycles. The Morgan fingerprint density at radius 3 is 2.67 bits per heavy atom. The van der Waals surface area contributed by atoms with Crippen LogP contribution in [0.15, 0.2) is 61.3 Å². The first kappa shape index (κ1) is 16.7. The van der Waals surface area contributed by atoms with Crippen LogP contribution in [-0.4, -0.2) is 32.6 Å². The molecule has 0 unspecified atom stereocenters. The molecule has 4 aromatic rings. The molecule has 0 aliphatic rings. The SMILES string of the molecule is COc1ccc(-c2cnc3c(Cc4cncc(C(N)=O)c4)cnn3c2)cc1. The highest BCUT2D eigenvalue weighted by molar-refractivity contribution is 5.92. The lowest BCUT2D eigenvalue weighted by Gasteiger charge is -2.05. The first-order valence-corrected chi connectivity index (χ1v) is 8.34. The molecule has 3 aromatic heterocycles. The molecular weight excluding hydrogens is 342 g/mol. The van der Waals surface area contributed by atoms with Gasteiger partial charge in [0, 0.05) is 42.3 Å². The molecule has 0 spiro atoms. The summed E-state index contributed by atoms with van der Waals surface area (Å²) >= 11 is 0. The van der Waals surface area contributed by atoms with Gasteiger partial charge in [0.2, 0.25) is 5.91 Å². The maximum Gasteiger partial charge on any atom is 0.250 e. The van der Waals surface area contributed by atoms with E-state index >= 15 is 0 Å². The van der Waals surface area contributed by atoms with Crippen molar-refractivity contribution in [3.05, 3.63) is 78.0 Å². The standard InChI is InChI=1S/C20H17N5O2/c1-27-18-4-2-14(3-5-18)17-10-23-20-16(11-24-25(20)12-17)7-13-6-15(19(21)26)9-22-8-13/h2-6,8-12H,7H2,1H3,(H2,21,26). The second kappa shape index (κ2) is 6.87. The van der Waals surface area contributed by atoms with Gasteiger partial charge in [-0.25, -0.2) is 9.50 Å². The molecular formula is C20H17N5O2. The fourth-order valence-electron chi connectivity index (χ4n) is 2.92. The minimum atomic E-state index is -0.494. The van der Waals surface area contributed by atoms with E-state index in [2.05, 4.69) is 15.1 Å². The van der Waals surface area contributed by atoms with Crippen LogP contribution in [0.5, 0.6) is 5.75 Å². The highest BCUT2D eigenvalue weighted by Gasteiger charge is 2.10. The molecule has 0 saturated carbocycles. The number of rotatable bonds is 5. The van der Waals surface area contributed by atoms with Gasteiger partial charge >= 0.3 is 0 Å². The van der Waals surface area contributed by atoms with Crippen molar-refractivity contribution in [1.82, 2.24) is 19.6 Å². The van der Waals surface area contributed by atoms with Crippen LogP contribution in [0.2, 0.25) is 0 Å². The van der Waals surface area contributed by atoms with E-state index in [4.69, 9.17) is 10.5 Å². The molecule has 2 N–H and O–H groups in total. The predicted octanol–water partition coefficient (Wildman–Crippen LogP) is 2.49. The Hall–Kier alpha value is -3.74. The van der Waals surface area contributed by atoms with E-state index in [0.717, 1.165) is 33.7 Å². The molecule has 1 amide bonds. The van der Waals surface area contributed by atoms with Crippen molar-refractivity contribution in [3.8, 4) is 16.9 Å². The number of benzene rings is 1. The number of hydrogen-bond donors (Lipinski definition) is 1. The van der Waals surface area contributed by atoms with E-state index < -0.39 is 5.91 Å². The van der Waals surface area contributed by atoms with E-state index in [1.807, 2.05) is 36.7 Å². The van der Waals surface area contributed by atoms with E-state index in [-0.39, 0.29) is 0 Å². The second-order valence-electron chi connectivity index (χ2n) is 6.13. The van der Waals surface area contributed by atoms with Gasteiger partial charge in [-0.2, -0.15) is 5.10 Å². The number of aromatic nitrogens is 4. The quantitative estimate of drug-likeness (QED) is 0.591. The Morgan fingerprint density at radius 1 is 1.11 bits per heavy atom. The molecule has 134 valence electrons. The third kappa shape index (κ3) is 3.35. The van der Waals surface area contributed by atoms with Gasteiger partial charge in [0.25, 0.3) is 0 Å². The van der Waals surface area contributed by atoms with Crippen LogP contribution < -0.4 is 10.5 Å². The first-order valence-electron chi connectivity index (χ1n) is 8.34. The van der Waals surface area contributed by atoms with Crippen molar-refractivity contribution < 1.29 is 9.53 Å². The topological polar surface area (TPSA) is 95.4 Å². The number of carbonyl (C=O) groups is 1. The van der Waals surface area contributed by atoms with Gasteiger partial charge in [-0.1, -0.05) is 12.1 Å². The third-order valence-electron chi connectivity index (χ3n) is 4.33. The minimum Gasteiger partial charge on any atom is -0.497 e. The number of methoxy groups -OCH3 is 1. The maximum atomic E-state index is 11.3. The van der Waals surface area contributed by atoms with Crippen LogP contribution >= 0.6 is 0 Å². The first-order chi connectivity index (χ1) is 13.1. The van der Waals surface area contributed by atoms with E-state index in [1.165, 1.54) is 6.20 Å². The largest absolute Gasteiger partial charge is 0.497 e. The van der Waals surface area contributed by atoms with Crippen LogP contribution in [0.1, 0.15) is 21.5 Å². The Balaban J connectivity index is 1.64. The molecule has 0 bridgehead atoms. The molecule has 7 nitrogen and oxygen atoms in total. The van der Waals surface area contributed by atoms with Crippen molar-refractivity contribution >= 4 is 11.6 Å². The normalized spacial score (nSPS) is 10.9. The molecule has 1 aromatic carbocycles. The van der Waals surface area contributed by atoms with Crippen LogP contribution in [0, 0.1) is 0 Å². The molecule has 0 atom stereocenters. The molecule has 7 heteroatoms. The average molecular weight is 359 g/mol. The van der Waals surface area contributed by atoms with Crippen molar-refractivity contribution in [3.63, 3.8) is 0 Å². The highest BCUT2D eigenvalue weighted by Crippen LogP contribution is 2.23. The molecule has 0 fully saturated rings. The van der Waals surface area contributed by atoms with Crippen LogP contribution in [0.25, 0.3) is 16.8 Å². The zero-order valence-electron chi connectivity index (χ0n) is 14.7. The lowest BCUT2D eigenvalue weighted by atomic mass is 10.1. The maximum absolute atomic E-state index is 11.3. The minimum absolute atomic E-state index is 0.388. The summed E-state index contributed by atoms with van der Waals surface area (Å²) in [4.78, 5) is 20.0. The van der Waals surface area contributed by atoms with Crippen LogP contribution in [-0.2, 0) is 6.42 Å². The fourth-order valence-corrected chi connectivity index (χ4v) is 2.92. The number of pyridine rings is 1. The summed E-state index contributed by atoms with van der Waals surface area (Å²) in [5, 5.41) is 4.41. The van der Waals surface area contributed by atoms with Gasteiger partial charge in [-0.15, -0.1) is 0 Å². The van der Waals surface area contributed by atoms with E-state index in [9.17, 15) is 4.79 Å². The lowest BCUT2D eigenvalue weighted by molar-refractivity contribution is 0.1000. The number of hydrogen-bond acceptors (Lipinski definition) is 5. The number of fused-ring (bicyclic) bond motifs is 1. The lowest BCUT2D eigenvalue weighted by Crippen LogP contribution is -2.11. The fraction of sp³-hybridized carbons (Fsp3) is 0.100. The van der Waals surface area contributed by atoms with Crippen molar-refractivity contribution in [2.75, 3.05) is 7.11 Å². The van der Waals surface area contributed by atoms with Gasteiger partial charge < -0.3 is 10.5 Å². The molecule has 27 heavy (non-hydrogen) atoms. The summed E-state index contributed by atoms with van der Waals surface area (Å²) in [6.45, 7) is 0. The van der Waals surface area contributed by atoms with Crippen molar-refractivity contribution in [2.24, 2.45) is 5.73 Å². The Kier molecular flexibility index (Phi) is 4.25. The summed E-state index contributed by atoms with van der Waals surface area (Å²) in [7, 11) is 1.64. The van der Waals surface area contributed by atoms with Gasteiger partial charge in [0.05, 0.1) is 18.9 Å². The van der Waals surface area contributed by atoms with Crippen molar-refractivity contribution in [1.29, 1.82) is 0 Å². The molecule has 0 aliphatic carbocycles. The Labute approximate surface area is 155 Å². The third-order valence-corrected chi connectivity index (χ3v) is 4.33. The average Bonchev–Trinajstić information content (AvgIpc) is 3.10. The second-order valence-corrected chi connectivity index (χ2v) is 6.13. The summed E-state index contributed by atoms with van der Waals surface area (Å²) < 4.78 is 6.94. The molecule has 4 rings (SSSR count). The van der Waals surface area contributed by atoms with E-state index in [0.29, 0.717) is 12.0 Å². The highest BCUT2D eigenvalue weighted by atomic mass is 16.5. The number of ether oxygens (including phenoxy) is 1. The zero-order valence-corrected chi connectivity index (χ0v) is 14.7. The number of amides is 1. The number of nitrogens with zero attached hydrogens (tertiary/aromatic N) is 4. The van der Waals surface area contributed by atoms with Crippen molar-refractivity contribution in [2.45, 2.75) is 6.42 Å². The molecule has 3 heterocycles. The summed E-state index contributed by atoms with van der Waals surface area (Å²) in [6, 6.07) is 9.52. The smallest absolute Gasteiger partial charge is 0.250 e. The van der Waals surface area contributed by atoms with Gasteiger partial charge in [0.15, 0.2) is 5.65 Å². The molecule has 0 radical (unpaired) electrons. The molecule has 0 saturated heterocycles. The summed E-state index contributed by atoms with van der Waals surface area (Å²) in [5.41, 5.74) is 10.3. The zero-order chi connectivity index (χ0) is 18.8. The monoisotopic (exact) mass is 359 g/mol. The Morgan fingerprint density at radius 2 is 1.93 bits per heavy atom. The summed E-state index contributed by atoms with van der Waals surface area (Å²) in [6.07, 6.45) is 9.26. The number of carbonyl (C=O) groups excluding carboxylic acids is 1. The number of primary amides is 1. The Bertz CT molecular complexity index is 1120. The van der Waals surface area contributed by atoms with Gasteiger partial charge in [-0.05, 0) is 29.3 Å². The van der Waals surface area contributed by atoms with Crippen LogP contribution in [0.4, 0.5) is 0 Å². The summed E-state index contributed by atoms with van der Waals surface area (Å²) in [5.74, 6) is 0.312. The van der Waals surface area contributed by atoms with E-state index in [1.54, 1.807) is 30.1 Å². The van der Waals surface area contributed by atoms with Crippen LogP contribution in [0.3, 0.4) is 0 Å². The number of nitrogens with two attached hydrogens (primary N) is 1. The van der Waals surface area contributed by atoms with Gasteiger partial charge in [-0.3, -0.25) is 9.78 Å². The van der Waals surface area contributed by atoms with Gasteiger partial charge in [0.1, 0.15) is 5.75 Å².